The lowest BCUT2D eigenvalue weighted by Crippen LogP contribution is -2.39. The Hall–Kier alpha value is -3.57. The summed E-state index contributed by atoms with van der Waals surface area (Å²) in [6, 6.07) is 7.04. The smallest absolute Gasteiger partial charge is 0.338 e. The molecule has 4 rings (SSSR count). The molecule has 32 heavy (non-hydrogen) atoms. The molecule has 0 unspecified atom stereocenters. The summed E-state index contributed by atoms with van der Waals surface area (Å²) in [4.78, 5) is 42.1. The van der Waals surface area contributed by atoms with Crippen LogP contribution in [-0.4, -0.2) is 27.2 Å². The van der Waals surface area contributed by atoms with Crippen LogP contribution < -0.4 is 14.9 Å². The molecule has 9 nitrogen and oxygen atoms in total. The summed E-state index contributed by atoms with van der Waals surface area (Å²) in [6.07, 6.45) is 1.39. The standard InChI is InChI=1S/C21H17N3O6S2/c1-3-30-20(27)16-11(2)22-21-23(17(16)14-8-5-9-31-14)19(26)15(32-21)10-12-6-4-7-13(18(12)25)24(28)29/h4-10,17,25H,3H2,1-2H3/b15-10+/t17-/m0/s1. The van der Waals surface area contributed by atoms with Crippen molar-refractivity contribution in [3.63, 3.8) is 0 Å². The Morgan fingerprint density at radius 3 is 2.81 bits per heavy atom. The van der Waals surface area contributed by atoms with Crippen LogP contribution >= 0.6 is 22.7 Å². The van der Waals surface area contributed by atoms with Gasteiger partial charge in [0, 0.05) is 16.5 Å². The first-order valence-corrected chi connectivity index (χ1v) is 11.2. The molecule has 1 N–H and O–H groups in total. The fourth-order valence-corrected chi connectivity index (χ4v) is 5.32. The molecule has 0 amide bonds. The zero-order valence-corrected chi connectivity index (χ0v) is 18.6. The molecule has 0 saturated carbocycles. The SMILES string of the molecule is CCOC(=O)C1=C(C)N=c2s/c(=C/c3cccc([N+](=O)[O-])c3O)c(=O)n2[C@H]1c1cccs1. The van der Waals surface area contributed by atoms with E-state index in [-0.39, 0.29) is 22.3 Å². The largest absolute Gasteiger partial charge is 0.502 e. The first kappa shape index (κ1) is 21.7. The molecule has 0 spiro atoms. The molecule has 1 aliphatic heterocycles. The number of hydrogen-bond acceptors (Lipinski definition) is 9. The Morgan fingerprint density at radius 2 is 2.16 bits per heavy atom. The molecule has 11 heteroatoms. The number of para-hydroxylation sites is 1. The minimum atomic E-state index is -0.703. The van der Waals surface area contributed by atoms with Crippen molar-refractivity contribution in [2.75, 3.05) is 6.61 Å². The van der Waals surface area contributed by atoms with E-state index in [4.69, 9.17) is 4.74 Å². The number of thiophene rings is 1. The molecule has 2 aromatic heterocycles. The number of fused-ring (bicyclic) bond motifs is 1. The van der Waals surface area contributed by atoms with Gasteiger partial charge >= 0.3 is 11.7 Å². The fourth-order valence-electron chi connectivity index (χ4n) is 3.46. The molecule has 0 saturated heterocycles. The van der Waals surface area contributed by atoms with E-state index in [2.05, 4.69) is 4.99 Å². The maximum atomic E-state index is 13.4. The molecule has 3 aromatic rings. The number of carbonyl (C=O) groups excluding carboxylic acids is 1. The van der Waals surface area contributed by atoms with Crippen molar-refractivity contribution in [2.45, 2.75) is 19.9 Å². The minimum absolute atomic E-state index is 0.137. The first-order chi connectivity index (χ1) is 15.3. The van der Waals surface area contributed by atoms with Crippen molar-refractivity contribution in [2.24, 2.45) is 4.99 Å². The van der Waals surface area contributed by atoms with Gasteiger partial charge in [-0.3, -0.25) is 19.5 Å². The van der Waals surface area contributed by atoms with Crippen LogP contribution in [0.25, 0.3) is 6.08 Å². The van der Waals surface area contributed by atoms with Gasteiger partial charge in [0.2, 0.25) is 5.75 Å². The third-order valence-corrected chi connectivity index (χ3v) is 6.77. The Labute approximate surface area is 189 Å². The second-order valence-corrected chi connectivity index (χ2v) is 8.78. The summed E-state index contributed by atoms with van der Waals surface area (Å²) in [5.74, 6) is -1.07. The molecular formula is C21H17N3O6S2. The zero-order valence-electron chi connectivity index (χ0n) is 17.0. The predicted molar refractivity (Wildman–Crippen MR) is 119 cm³/mol. The lowest BCUT2D eigenvalue weighted by molar-refractivity contribution is -0.385. The van der Waals surface area contributed by atoms with Crippen molar-refractivity contribution < 1.29 is 19.6 Å². The van der Waals surface area contributed by atoms with Crippen LogP contribution in [0.15, 0.2) is 56.8 Å². The average Bonchev–Trinajstić information content (AvgIpc) is 3.37. The van der Waals surface area contributed by atoms with Crippen LogP contribution in [0.5, 0.6) is 5.75 Å². The number of benzene rings is 1. The monoisotopic (exact) mass is 471 g/mol. The van der Waals surface area contributed by atoms with Crippen LogP contribution in [0.3, 0.4) is 0 Å². The summed E-state index contributed by atoms with van der Waals surface area (Å²) in [5.41, 5.74) is -0.00598. The minimum Gasteiger partial charge on any atom is -0.502 e. The third-order valence-electron chi connectivity index (χ3n) is 4.86. The van der Waals surface area contributed by atoms with Gasteiger partial charge in [0.25, 0.3) is 5.56 Å². The highest BCUT2D eigenvalue weighted by atomic mass is 32.1. The van der Waals surface area contributed by atoms with E-state index in [0.29, 0.717) is 10.5 Å². The van der Waals surface area contributed by atoms with Gasteiger partial charge in [0.1, 0.15) is 6.04 Å². The Morgan fingerprint density at radius 1 is 1.38 bits per heavy atom. The van der Waals surface area contributed by atoms with Crippen LogP contribution in [0.1, 0.15) is 30.3 Å². The predicted octanol–water partition coefficient (Wildman–Crippen LogP) is 2.47. The quantitative estimate of drug-likeness (QED) is 0.346. The molecule has 0 fully saturated rings. The number of carbonyl (C=O) groups is 1. The molecular weight excluding hydrogens is 454 g/mol. The summed E-state index contributed by atoms with van der Waals surface area (Å²) in [7, 11) is 0. The summed E-state index contributed by atoms with van der Waals surface area (Å²) in [6.45, 7) is 3.58. The van der Waals surface area contributed by atoms with Crippen molar-refractivity contribution in [3.8, 4) is 5.75 Å². The Balaban J connectivity index is 1.95. The van der Waals surface area contributed by atoms with Crippen LogP contribution in [0, 0.1) is 10.1 Å². The Bertz CT molecular complexity index is 1430. The normalized spacial score (nSPS) is 15.9. The topological polar surface area (TPSA) is 124 Å². The van der Waals surface area contributed by atoms with Gasteiger partial charge < -0.3 is 9.84 Å². The lowest BCUT2D eigenvalue weighted by Gasteiger charge is -2.23. The van der Waals surface area contributed by atoms with Crippen molar-refractivity contribution >= 4 is 40.4 Å². The molecule has 164 valence electrons. The van der Waals surface area contributed by atoms with E-state index >= 15 is 0 Å². The number of hydrogen-bond donors (Lipinski definition) is 1. The average molecular weight is 472 g/mol. The maximum Gasteiger partial charge on any atom is 0.338 e. The van der Waals surface area contributed by atoms with E-state index < -0.39 is 33.9 Å². The van der Waals surface area contributed by atoms with Crippen molar-refractivity contribution in [1.82, 2.24) is 4.57 Å². The van der Waals surface area contributed by atoms with Gasteiger partial charge in [0.15, 0.2) is 4.80 Å². The summed E-state index contributed by atoms with van der Waals surface area (Å²) < 4.78 is 6.87. The molecule has 1 aliphatic rings. The number of nitro benzene ring substituents is 1. The van der Waals surface area contributed by atoms with Crippen molar-refractivity contribution in [3.05, 3.63) is 87.2 Å². The molecule has 1 atom stereocenters. The van der Waals surface area contributed by atoms with E-state index in [1.54, 1.807) is 13.8 Å². The van der Waals surface area contributed by atoms with Crippen LogP contribution in [0.2, 0.25) is 0 Å². The number of nitro groups is 1. The van der Waals surface area contributed by atoms with E-state index in [1.165, 1.54) is 40.2 Å². The van der Waals surface area contributed by atoms with E-state index in [0.717, 1.165) is 16.2 Å². The molecule has 0 bridgehead atoms. The van der Waals surface area contributed by atoms with Crippen LogP contribution in [0.4, 0.5) is 5.69 Å². The third kappa shape index (κ3) is 3.65. The van der Waals surface area contributed by atoms with Gasteiger partial charge in [-0.15, -0.1) is 11.3 Å². The van der Waals surface area contributed by atoms with Gasteiger partial charge in [-0.25, -0.2) is 9.79 Å². The number of rotatable bonds is 5. The summed E-state index contributed by atoms with van der Waals surface area (Å²) >= 11 is 2.48. The number of thiazole rings is 1. The molecule has 1 aromatic carbocycles. The van der Waals surface area contributed by atoms with Gasteiger partial charge in [-0.1, -0.05) is 29.5 Å². The van der Waals surface area contributed by atoms with E-state index in [1.807, 2.05) is 17.5 Å². The number of aromatic nitrogens is 1. The number of nitrogens with zero attached hydrogens (tertiary/aromatic N) is 3. The van der Waals surface area contributed by atoms with E-state index in [9.17, 15) is 24.8 Å². The van der Waals surface area contributed by atoms with Crippen molar-refractivity contribution in [1.29, 1.82) is 0 Å². The van der Waals surface area contributed by atoms with Gasteiger partial charge in [-0.05, 0) is 31.4 Å². The molecule has 3 heterocycles. The zero-order chi connectivity index (χ0) is 23.0. The number of allylic oxidation sites excluding steroid dienone is 1. The highest BCUT2D eigenvalue weighted by molar-refractivity contribution is 7.10. The number of aromatic hydroxyl groups is 1. The molecule has 0 aliphatic carbocycles. The Kier molecular flexibility index (Phi) is 5.76. The highest BCUT2D eigenvalue weighted by Crippen LogP contribution is 2.33. The maximum absolute atomic E-state index is 13.4. The van der Waals surface area contributed by atoms with Crippen LogP contribution in [-0.2, 0) is 9.53 Å². The fraction of sp³-hybridized carbons (Fsp3) is 0.190. The van der Waals surface area contributed by atoms with Gasteiger partial charge in [-0.2, -0.15) is 0 Å². The second kappa shape index (κ2) is 8.52. The lowest BCUT2D eigenvalue weighted by atomic mass is 10.0. The molecule has 0 radical (unpaired) electrons. The number of phenols is 1. The second-order valence-electron chi connectivity index (χ2n) is 6.79. The van der Waals surface area contributed by atoms with Gasteiger partial charge in [0.05, 0.1) is 27.3 Å². The number of esters is 1. The first-order valence-electron chi connectivity index (χ1n) is 9.53. The number of phenolic OH excluding ortho intramolecular Hbond substituents is 1. The number of ether oxygens (including phenoxy) is 1. The highest BCUT2D eigenvalue weighted by Gasteiger charge is 2.33. The summed E-state index contributed by atoms with van der Waals surface area (Å²) in [5, 5.41) is 23.2.